The Bertz CT molecular complexity index is 817. The van der Waals surface area contributed by atoms with Gasteiger partial charge in [-0.2, -0.15) is 18.4 Å². The van der Waals surface area contributed by atoms with Crippen molar-refractivity contribution in [3.8, 4) is 6.07 Å². The third-order valence-corrected chi connectivity index (χ3v) is 4.56. The summed E-state index contributed by atoms with van der Waals surface area (Å²) in [7, 11) is -6.09. The van der Waals surface area contributed by atoms with Gasteiger partial charge >= 0.3 is 5.51 Å². The van der Waals surface area contributed by atoms with Crippen molar-refractivity contribution in [1.29, 1.82) is 5.26 Å². The maximum absolute atomic E-state index is 10.7. The Morgan fingerprint density at radius 2 is 1.52 bits per heavy atom. The van der Waals surface area contributed by atoms with E-state index in [2.05, 4.69) is 30.3 Å². The zero-order valence-corrected chi connectivity index (χ0v) is 14.5. The van der Waals surface area contributed by atoms with Gasteiger partial charge < -0.3 is 4.55 Å². The lowest BCUT2D eigenvalue weighted by Gasteiger charge is -2.08. The van der Waals surface area contributed by atoms with Crippen LogP contribution in [-0.2, 0) is 33.4 Å². The van der Waals surface area contributed by atoms with Crippen LogP contribution in [0.2, 0.25) is 0 Å². The number of thiol groups is 1. The lowest BCUT2D eigenvalue weighted by Crippen LogP contribution is -2.21. The van der Waals surface area contributed by atoms with Crippen LogP contribution in [0.1, 0.15) is 16.7 Å². The predicted molar refractivity (Wildman–Crippen MR) is 89.5 cm³/mol. The quantitative estimate of drug-likeness (QED) is 0.348. The van der Waals surface area contributed by atoms with E-state index in [4.69, 9.17) is 18.2 Å². The summed E-state index contributed by atoms with van der Waals surface area (Å²) >= 11 is 1.34. The Balaban J connectivity index is 0.000000333. The second-order valence-electron chi connectivity index (χ2n) is 4.69. The first-order valence-corrected chi connectivity index (χ1v) is 9.50. The van der Waals surface area contributed by atoms with Crippen molar-refractivity contribution in [2.45, 2.75) is 17.0 Å². The van der Waals surface area contributed by atoms with Crippen molar-refractivity contribution in [3.63, 3.8) is 0 Å². The van der Waals surface area contributed by atoms with Gasteiger partial charge in [0.1, 0.15) is 11.5 Å². The van der Waals surface area contributed by atoms with Gasteiger partial charge in [-0.1, -0.05) is 48.5 Å². The SMILES string of the molecule is N#Cc1ccccc1C[SH+]Cc1ccccc1.O=S(=O)([O-])C(F)(F)F. The van der Waals surface area contributed by atoms with Crippen LogP contribution in [0.4, 0.5) is 13.2 Å². The fraction of sp³-hybridized carbons (Fsp3) is 0.188. The summed E-state index contributed by atoms with van der Waals surface area (Å²) in [6, 6.07) is 20.5. The van der Waals surface area contributed by atoms with Crippen LogP contribution >= 0.6 is 0 Å². The minimum atomic E-state index is -6.09. The number of benzene rings is 2. The smallest absolute Gasteiger partial charge is 0.485 e. The van der Waals surface area contributed by atoms with Crippen LogP contribution in [0.25, 0.3) is 0 Å². The van der Waals surface area contributed by atoms with Gasteiger partial charge in [0, 0.05) is 11.1 Å². The summed E-state index contributed by atoms with van der Waals surface area (Å²) < 4.78 is 58.9. The minimum Gasteiger partial charge on any atom is -0.741 e. The summed E-state index contributed by atoms with van der Waals surface area (Å²) in [4.78, 5) is 0. The van der Waals surface area contributed by atoms with Crippen LogP contribution < -0.4 is 0 Å². The van der Waals surface area contributed by atoms with Crippen molar-refractivity contribution in [2.75, 3.05) is 0 Å². The first-order chi connectivity index (χ1) is 11.6. The van der Waals surface area contributed by atoms with Gasteiger partial charge in [-0.05, 0) is 17.8 Å². The van der Waals surface area contributed by atoms with E-state index < -0.39 is 15.6 Å². The molecule has 0 heterocycles. The Kier molecular flexibility index (Phi) is 7.96. The fourth-order valence-electron chi connectivity index (χ4n) is 1.66. The highest BCUT2D eigenvalue weighted by Gasteiger charge is 2.36. The molecule has 4 nitrogen and oxygen atoms in total. The van der Waals surface area contributed by atoms with Crippen molar-refractivity contribution >= 4 is 21.9 Å². The van der Waals surface area contributed by atoms with Gasteiger partial charge in [0.05, 0.1) is 11.6 Å². The van der Waals surface area contributed by atoms with Crippen molar-refractivity contribution < 1.29 is 26.1 Å². The largest absolute Gasteiger partial charge is 0.741 e. The number of rotatable bonds is 4. The molecule has 0 N–H and O–H groups in total. The van der Waals surface area contributed by atoms with Gasteiger partial charge in [0.15, 0.2) is 10.1 Å². The number of nitriles is 1. The molecule has 0 saturated heterocycles. The number of alkyl halides is 3. The highest BCUT2D eigenvalue weighted by atomic mass is 32.2. The topological polar surface area (TPSA) is 81.0 Å². The molecule has 0 amide bonds. The van der Waals surface area contributed by atoms with E-state index >= 15 is 0 Å². The summed E-state index contributed by atoms with van der Waals surface area (Å²) in [6.07, 6.45) is 0. The number of nitrogens with zero attached hydrogens (tertiary/aromatic N) is 1. The molecule has 2 aromatic rings. The van der Waals surface area contributed by atoms with Crippen LogP contribution in [0.15, 0.2) is 54.6 Å². The zero-order chi connectivity index (χ0) is 18.9. The Labute approximate surface area is 148 Å². The molecule has 25 heavy (non-hydrogen) atoms. The average molecular weight is 389 g/mol. The number of halogens is 3. The maximum atomic E-state index is 10.7. The molecule has 0 bridgehead atoms. The Hall–Kier alpha value is -2.02. The van der Waals surface area contributed by atoms with E-state index in [-0.39, 0.29) is 0 Å². The minimum absolute atomic E-state index is 0.799. The predicted octanol–water partition coefficient (Wildman–Crippen LogP) is 3.12. The van der Waals surface area contributed by atoms with E-state index in [0.717, 1.165) is 22.6 Å². The average Bonchev–Trinajstić information content (AvgIpc) is 2.55. The summed E-state index contributed by atoms with van der Waals surface area (Å²) in [5, 5.41) is 8.98. The molecule has 0 aliphatic carbocycles. The molecule has 0 aromatic heterocycles. The van der Waals surface area contributed by atoms with Gasteiger partial charge in [0.2, 0.25) is 0 Å². The third-order valence-electron chi connectivity index (χ3n) is 2.84. The molecule has 0 aliphatic heterocycles. The lowest BCUT2D eigenvalue weighted by atomic mass is 10.1. The van der Waals surface area contributed by atoms with E-state index in [9.17, 15) is 13.2 Å². The third kappa shape index (κ3) is 7.60. The molecule has 134 valence electrons. The zero-order valence-electron chi connectivity index (χ0n) is 12.8. The molecule has 0 atom stereocenters. The van der Waals surface area contributed by atoms with Crippen molar-refractivity contribution in [2.24, 2.45) is 0 Å². The molecular weight excluding hydrogens is 375 g/mol. The molecule has 2 rings (SSSR count). The molecule has 0 fully saturated rings. The highest BCUT2D eigenvalue weighted by molar-refractivity contribution is 7.86. The van der Waals surface area contributed by atoms with Gasteiger partial charge in [-0.25, -0.2) is 8.42 Å². The standard InChI is InChI=1S/C15H13NS.CHF3O3S/c16-10-14-8-4-5-9-15(14)12-17-11-13-6-2-1-3-7-13;2-1(3,4)8(5,6)7/h1-9H,11-12H2;(H,5,6,7). The van der Waals surface area contributed by atoms with Crippen LogP contribution in [0, 0.1) is 11.3 Å². The van der Waals surface area contributed by atoms with Gasteiger partial charge in [-0.3, -0.25) is 0 Å². The van der Waals surface area contributed by atoms with Crippen LogP contribution in [0.3, 0.4) is 0 Å². The first kappa shape index (κ1) is 21.0. The molecule has 0 aliphatic rings. The fourth-order valence-corrected chi connectivity index (χ4v) is 2.75. The summed E-state index contributed by atoms with van der Waals surface area (Å²) in [5.74, 6) is 1.99. The van der Waals surface area contributed by atoms with E-state index in [1.165, 1.54) is 17.3 Å². The molecule has 0 spiro atoms. The van der Waals surface area contributed by atoms with E-state index in [1.54, 1.807) is 0 Å². The van der Waals surface area contributed by atoms with Crippen molar-refractivity contribution in [3.05, 3.63) is 71.3 Å². The molecular formula is C16H14F3NO3S2. The summed E-state index contributed by atoms with van der Waals surface area (Å²) in [6.45, 7) is 0. The molecule has 0 unspecified atom stereocenters. The van der Waals surface area contributed by atoms with E-state index in [0.29, 0.717) is 0 Å². The van der Waals surface area contributed by atoms with E-state index in [1.807, 2.05) is 30.3 Å². The lowest BCUT2D eigenvalue weighted by molar-refractivity contribution is -0.0517. The molecule has 0 saturated carbocycles. The second kappa shape index (κ2) is 9.46. The first-order valence-electron chi connectivity index (χ1n) is 6.82. The molecule has 9 heteroatoms. The highest BCUT2D eigenvalue weighted by Crippen LogP contribution is 2.20. The van der Waals surface area contributed by atoms with Gasteiger partial charge in [0.25, 0.3) is 0 Å². The number of hydrogen-bond donors (Lipinski definition) is 0. The van der Waals surface area contributed by atoms with Crippen LogP contribution in [-0.4, -0.2) is 18.5 Å². The normalized spacial score (nSPS) is 11.2. The van der Waals surface area contributed by atoms with Crippen LogP contribution in [0.5, 0.6) is 0 Å². The molecule has 2 aromatic carbocycles. The maximum Gasteiger partial charge on any atom is 0.485 e. The monoisotopic (exact) mass is 389 g/mol. The Morgan fingerprint density at radius 1 is 1.00 bits per heavy atom. The number of hydrogen-bond acceptors (Lipinski definition) is 4. The Morgan fingerprint density at radius 3 is 2.04 bits per heavy atom. The second-order valence-corrected chi connectivity index (χ2v) is 7.15. The summed E-state index contributed by atoms with van der Waals surface area (Å²) in [5.41, 5.74) is -2.35. The van der Waals surface area contributed by atoms with Crippen molar-refractivity contribution in [1.82, 2.24) is 0 Å². The molecule has 0 radical (unpaired) electrons. The van der Waals surface area contributed by atoms with Gasteiger partial charge in [-0.15, -0.1) is 0 Å².